The second-order valence-corrected chi connectivity index (χ2v) is 2.63. The first kappa shape index (κ1) is 6.00. The molecule has 0 aliphatic carbocycles. The van der Waals surface area contributed by atoms with E-state index in [1.807, 2.05) is 22.9 Å². The molecule has 0 unspecified atom stereocenters. The predicted octanol–water partition coefficient (Wildman–Crippen LogP) is 1.23. The first-order chi connectivity index (χ1) is 3.80. The fourth-order valence-electron chi connectivity index (χ4n) is 0.472. The fraction of sp³-hybridized carbons (Fsp3) is 0.500. The Morgan fingerprint density at radius 1 is 1.88 bits per heavy atom. The van der Waals surface area contributed by atoms with E-state index in [2.05, 4.69) is 4.99 Å². The third-order valence-electron chi connectivity index (χ3n) is 0.864. The normalized spacial score (nSPS) is 19.6. The Hall–Kier alpha value is -0.130. The summed E-state index contributed by atoms with van der Waals surface area (Å²) in [5.74, 6) is 0. The molecule has 1 heterocycles. The molecule has 0 spiro atoms. The molecule has 8 heavy (non-hydrogen) atoms. The maximum absolute atomic E-state index is 10.5. The van der Waals surface area contributed by atoms with Gasteiger partial charge in [0, 0.05) is 19.2 Å². The number of rotatable bonds is 0. The van der Waals surface area contributed by atoms with E-state index in [1.54, 1.807) is 9.33 Å². The molecular weight excluding hydrogens is 219 g/mol. The quantitative estimate of drug-likeness (QED) is 0.450. The lowest BCUT2D eigenvalue weighted by atomic mass is 10.4. The monoisotopic (exact) mass is 224 g/mol. The van der Waals surface area contributed by atoms with Crippen molar-refractivity contribution in [2.24, 2.45) is 4.99 Å². The van der Waals surface area contributed by atoms with Crippen LogP contribution in [-0.2, 0) is 0 Å². The van der Waals surface area contributed by atoms with Crippen molar-refractivity contribution in [3.05, 3.63) is 0 Å². The summed E-state index contributed by atoms with van der Waals surface area (Å²) in [5, 5.41) is 0. The van der Waals surface area contributed by atoms with Crippen LogP contribution in [0.3, 0.4) is 0 Å². The molecule has 4 heteroatoms. The van der Waals surface area contributed by atoms with Crippen LogP contribution in [0.15, 0.2) is 4.99 Å². The van der Waals surface area contributed by atoms with E-state index in [0.29, 0.717) is 0 Å². The van der Waals surface area contributed by atoms with Crippen molar-refractivity contribution in [3.8, 4) is 0 Å². The third-order valence-corrected chi connectivity index (χ3v) is 1.76. The number of hydrogen-bond acceptors (Lipinski definition) is 1. The van der Waals surface area contributed by atoms with E-state index in [1.165, 1.54) is 0 Å². The Labute approximate surface area is 61.3 Å². The van der Waals surface area contributed by atoms with Crippen LogP contribution in [0, 0.1) is 0 Å². The molecule has 0 aromatic carbocycles. The summed E-state index contributed by atoms with van der Waals surface area (Å²) < 4.78 is 1.57. The molecule has 0 saturated heterocycles. The molecule has 0 fully saturated rings. The minimum atomic E-state index is -0.142. The van der Waals surface area contributed by atoms with Crippen LogP contribution in [0.2, 0.25) is 0 Å². The Morgan fingerprint density at radius 2 is 2.62 bits per heavy atom. The van der Waals surface area contributed by atoms with E-state index < -0.39 is 0 Å². The van der Waals surface area contributed by atoms with Gasteiger partial charge in [0.25, 0.3) is 0 Å². The second-order valence-electron chi connectivity index (χ2n) is 1.47. The van der Waals surface area contributed by atoms with Crippen molar-refractivity contribution in [3.63, 3.8) is 0 Å². The third kappa shape index (κ3) is 1.18. The van der Waals surface area contributed by atoms with E-state index in [4.69, 9.17) is 0 Å². The summed E-state index contributed by atoms with van der Waals surface area (Å²) in [6, 6.07) is -0.142. The second kappa shape index (κ2) is 2.43. The number of hydrogen-bond donors (Lipinski definition) is 0. The molecule has 0 bridgehead atoms. The molecule has 0 N–H and O–H groups in total. The van der Waals surface area contributed by atoms with Gasteiger partial charge in [-0.2, -0.15) is 0 Å². The van der Waals surface area contributed by atoms with Crippen LogP contribution in [0.5, 0.6) is 0 Å². The molecule has 1 aliphatic rings. The van der Waals surface area contributed by atoms with E-state index >= 15 is 0 Å². The van der Waals surface area contributed by atoms with Crippen LogP contribution >= 0.6 is 22.9 Å². The summed E-state index contributed by atoms with van der Waals surface area (Å²) >= 11 is 1.95. The molecule has 0 radical (unpaired) electrons. The zero-order chi connectivity index (χ0) is 5.98. The average molecular weight is 224 g/mol. The summed E-state index contributed by atoms with van der Waals surface area (Å²) in [6.45, 7) is 0.795. The Morgan fingerprint density at radius 3 is 3.00 bits per heavy atom. The first-order valence-electron chi connectivity index (χ1n) is 2.30. The largest absolute Gasteiger partial charge is 0.351 e. The van der Waals surface area contributed by atoms with Gasteiger partial charge in [0.1, 0.15) is 0 Å². The van der Waals surface area contributed by atoms with Crippen LogP contribution in [0.25, 0.3) is 0 Å². The maximum atomic E-state index is 10.5. The highest BCUT2D eigenvalue weighted by atomic mass is 127. The molecule has 0 aromatic heterocycles. The van der Waals surface area contributed by atoms with Gasteiger partial charge in [0.15, 0.2) is 0 Å². The van der Waals surface area contributed by atoms with Gasteiger partial charge in [-0.15, -0.1) is 0 Å². The Bertz CT molecular complexity index is 134. The zero-order valence-electron chi connectivity index (χ0n) is 4.17. The minimum Gasteiger partial charge on any atom is -0.264 e. The number of amides is 2. The van der Waals surface area contributed by atoms with Crippen molar-refractivity contribution < 1.29 is 4.79 Å². The number of aliphatic imine (C=N–C) groups is 1. The van der Waals surface area contributed by atoms with Gasteiger partial charge in [0.05, 0.1) is 22.9 Å². The molecule has 3 nitrogen and oxygen atoms in total. The lowest BCUT2D eigenvalue weighted by Gasteiger charge is -2.12. The standard InChI is InChI=1S/C4H5IN2O/c5-7-3-1-2-6-4(7)8/h2H,1,3H2. The number of halogens is 1. The minimum absolute atomic E-state index is 0.142. The number of urea groups is 1. The van der Waals surface area contributed by atoms with E-state index in [0.717, 1.165) is 13.0 Å². The van der Waals surface area contributed by atoms with Crippen LogP contribution in [0.4, 0.5) is 4.79 Å². The number of carbonyl (C=O) groups is 1. The highest BCUT2D eigenvalue weighted by Gasteiger charge is 2.09. The molecule has 2 amide bonds. The van der Waals surface area contributed by atoms with Crippen molar-refractivity contribution in [2.45, 2.75) is 6.42 Å². The highest BCUT2D eigenvalue weighted by molar-refractivity contribution is 14.1. The summed E-state index contributed by atoms with van der Waals surface area (Å²) in [7, 11) is 0. The fourth-order valence-corrected chi connectivity index (χ4v) is 0.875. The van der Waals surface area contributed by atoms with Gasteiger partial charge in [-0.05, 0) is 0 Å². The molecule has 1 rings (SSSR count). The molecule has 0 atom stereocenters. The number of carbonyl (C=O) groups excluding carboxylic acids is 1. The van der Waals surface area contributed by atoms with Crippen molar-refractivity contribution in [2.75, 3.05) is 6.54 Å². The zero-order valence-corrected chi connectivity index (χ0v) is 6.33. The van der Waals surface area contributed by atoms with Gasteiger partial charge in [0.2, 0.25) is 0 Å². The summed E-state index contributed by atoms with van der Waals surface area (Å²) in [5.41, 5.74) is 0. The summed E-state index contributed by atoms with van der Waals surface area (Å²) in [4.78, 5) is 14.1. The maximum Gasteiger partial charge on any atom is 0.351 e. The molecule has 0 aromatic rings. The Kier molecular flexibility index (Phi) is 1.82. The van der Waals surface area contributed by atoms with E-state index in [9.17, 15) is 4.79 Å². The van der Waals surface area contributed by atoms with Gasteiger partial charge in [-0.1, -0.05) is 0 Å². The van der Waals surface area contributed by atoms with Gasteiger partial charge in [-0.3, -0.25) is 3.11 Å². The topological polar surface area (TPSA) is 32.7 Å². The van der Waals surface area contributed by atoms with Crippen LogP contribution in [0.1, 0.15) is 6.42 Å². The lowest BCUT2D eigenvalue weighted by Crippen LogP contribution is -2.22. The van der Waals surface area contributed by atoms with Gasteiger partial charge in [-0.25, -0.2) is 9.79 Å². The summed E-state index contributed by atoms with van der Waals surface area (Å²) in [6.07, 6.45) is 2.53. The van der Waals surface area contributed by atoms with Crippen molar-refractivity contribution in [1.29, 1.82) is 0 Å². The van der Waals surface area contributed by atoms with E-state index in [-0.39, 0.29) is 6.03 Å². The predicted molar refractivity (Wildman–Crippen MR) is 39.2 cm³/mol. The average Bonchev–Trinajstić information content (AvgIpc) is 1.77. The molecule has 44 valence electrons. The molecule has 0 saturated carbocycles. The van der Waals surface area contributed by atoms with Crippen LogP contribution in [-0.4, -0.2) is 21.9 Å². The first-order valence-corrected chi connectivity index (χ1v) is 3.27. The van der Waals surface area contributed by atoms with Crippen molar-refractivity contribution >= 4 is 35.1 Å². The SMILES string of the molecule is O=C1N=CCCN1I. The van der Waals surface area contributed by atoms with Gasteiger partial charge >= 0.3 is 6.03 Å². The Balaban J connectivity index is 2.60. The number of nitrogens with zero attached hydrogens (tertiary/aromatic N) is 2. The smallest absolute Gasteiger partial charge is 0.264 e. The highest BCUT2D eigenvalue weighted by Crippen LogP contribution is 2.05. The molecular formula is C4H5IN2O. The lowest BCUT2D eigenvalue weighted by molar-refractivity contribution is 0.237. The van der Waals surface area contributed by atoms with Crippen LogP contribution < -0.4 is 0 Å². The van der Waals surface area contributed by atoms with Crippen molar-refractivity contribution in [1.82, 2.24) is 3.11 Å². The van der Waals surface area contributed by atoms with Gasteiger partial charge < -0.3 is 0 Å². The molecule has 1 aliphatic heterocycles.